The minimum absolute atomic E-state index is 0.0515. The molecular weight excluding hydrogens is 1410 g/mol. The van der Waals surface area contributed by atoms with E-state index in [4.69, 9.17) is 21.9 Å². The molecule has 32 nitrogen and oxygen atoms in total. The maximum atomic E-state index is 15.0. The number of fused-ring (bicyclic) bond motifs is 3. The molecule has 4 fully saturated rings. The highest BCUT2D eigenvalue weighted by Crippen LogP contribution is 2.30. The molecule has 14 amide bonds. The lowest BCUT2D eigenvalue weighted by atomic mass is 9.97. The molecule has 17 N–H and O–H groups in total. The van der Waals surface area contributed by atoms with Crippen LogP contribution in [0.15, 0.2) is 48.5 Å². The molecule has 4 aliphatic heterocycles. The maximum Gasteiger partial charge on any atom is 0.246 e. The fourth-order valence-corrected chi connectivity index (χ4v) is 15.6. The lowest BCUT2D eigenvalue weighted by molar-refractivity contribution is -0.147. The number of ether oxygens (including phenoxy) is 1. The Morgan fingerprint density at radius 1 is 0.557 bits per heavy atom. The number of primary amides is 1. The zero-order valence-electron chi connectivity index (χ0n) is 62.3. The SMILES string of the molecule is CC[C@H](C)[C@H](NC(=O)[C@H](CC(C)C)NC(=O)[C@H](CN)NC(=O)[C@@H]1CSSC[C@H](NC(C)=O)C(=O)N2CCC[C@H]2C(=O)N2CCC[C@H]2C(=O)N[C@@H](Cc2ccc(O)cc2)C(=O)N[C@@H](CC(C)C)C(=O)N2CCC[C@H]2C(=O)N[C@@H](CN)C(=O)N[C@@H](Cc2ccc(OC)cc2)C(=O)N[C@@H](CC(C)C)C(=O)N1)C(N)=O. The summed E-state index contributed by atoms with van der Waals surface area (Å²) >= 11 is 0. The Labute approximate surface area is 627 Å². The third-order valence-electron chi connectivity index (χ3n) is 19.2. The number of hydrogen-bond acceptors (Lipinski definition) is 20. The number of benzene rings is 2. The van der Waals surface area contributed by atoms with Crippen LogP contribution in [0, 0.1) is 23.7 Å². The first-order chi connectivity index (χ1) is 50.3. The van der Waals surface area contributed by atoms with Gasteiger partial charge < -0.3 is 94.9 Å². The van der Waals surface area contributed by atoms with Crippen molar-refractivity contribution in [2.24, 2.45) is 40.9 Å². The van der Waals surface area contributed by atoms with Crippen LogP contribution >= 0.6 is 21.6 Å². The number of hydrogen-bond donors (Lipinski definition) is 14. The summed E-state index contributed by atoms with van der Waals surface area (Å²) in [6, 6.07) is -4.67. The summed E-state index contributed by atoms with van der Waals surface area (Å²) in [6.45, 7) is 14.8. The standard InChI is InChI=1S/C72H110N16O16S2/c1-11-41(8)59(60(75)91)85-64(95)48(30-39(4)5)78-65(96)52(34-73)82-67(98)54-36-105-106-37-55(76-42(9)89)71(102)88-28-14-17-58(88)72(103)87-27-13-16-57(87)68(99)80-50(32-43-18-22-45(90)23-19-43)63(94)81-51(31-40(6)7)70(101)86-26-12-15-56(86)69(100)83-53(35-74)66(97)79-49(33-44-20-24-46(104-10)25-21-44)62(93)77-47(29-38(2)3)61(92)84-54/h18-25,38-41,47-59,90H,11-17,26-37,73-74H2,1-10H3,(H2,75,91)(H,76,89)(H,77,93)(H,78,96)(H,79,97)(H,80,99)(H,81,94)(H,82,98)(H,83,100)(H,84,92)(H,85,95)/t41-,47-,48-,49-,50-,51-,52-,53-,54-,55-,56-,57-,58-,59-/m0/s1. The topological polar surface area (TPSA) is 477 Å². The van der Waals surface area contributed by atoms with Crippen molar-refractivity contribution >= 4 is 104 Å². The molecule has 0 bridgehead atoms. The molecule has 0 spiro atoms. The van der Waals surface area contributed by atoms with E-state index in [1.807, 2.05) is 20.8 Å². The Kier molecular flexibility index (Phi) is 33.6. The number of nitrogens with two attached hydrogens (primary N) is 3. The number of aromatic hydroxyl groups is 1. The molecule has 106 heavy (non-hydrogen) atoms. The van der Waals surface area contributed by atoms with Crippen LogP contribution in [0.4, 0.5) is 0 Å². The minimum Gasteiger partial charge on any atom is -0.508 e. The maximum absolute atomic E-state index is 15.0. The quantitative estimate of drug-likeness (QED) is 0.0594. The van der Waals surface area contributed by atoms with E-state index in [1.165, 1.54) is 40.9 Å². The Bertz CT molecular complexity index is 3420. The second-order valence-corrected chi connectivity index (χ2v) is 31.5. The molecule has 0 aliphatic carbocycles. The van der Waals surface area contributed by atoms with Crippen LogP contribution in [0.1, 0.15) is 138 Å². The number of methoxy groups -OCH3 is 1. The van der Waals surface area contributed by atoms with Gasteiger partial charge in [-0.25, -0.2) is 0 Å². The second kappa shape index (κ2) is 41.4. The number of carbonyl (C=O) groups excluding carboxylic acids is 14. The highest BCUT2D eigenvalue weighted by Gasteiger charge is 2.46. The summed E-state index contributed by atoms with van der Waals surface area (Å²) in [6.07, 6.45) is 1.88. The summed E-state index contributed by atoms with van der Waals surface area (Å²) in [5, 5.41) is 37.4. The van der Waals surface area contributed by atoms with Crippen molar-refractivity contribution in [2.45, 2.75) is 218 Å². The van der Waals surface area contributed by atoms with Crippen molar-refractivity contribution in [3.8, 4) is 11.5 Å². The van der Waals surface area contributed by atoms with Crippen LogP contribution in [0.5, 0.6) is 11.5 Å². The predicted molar refractivity (Wildman–Crippen MR) is 398 cm³/mol. The van der Waals surface area contributed by atoms with Gasteiger partial charge in [-0.05, 0) is 117 Å². The normalized spacial score (nSPS) is 25.0. The van der Waals surface area contributed by atoms with Crippen LogP contribution in [-0.4, -0.2) is 232 Å². The summed E-state index contributed by atoms with van der Waals surface area (Å²) < 4.78 is 5.36. The van der Waals surface area contributed by atoms with Gasteiger partial charge in [0.25, 0.3) is 0 Å². The van der Waals surface area contributed by atoms with Crippen LogP contribution < -0.4 is 75.1 Å². The molecule has 4 heterocycles. The van der Waals surface area contributed by atoms with Crippen LogP contribution in [0.25, 0.3) is 0 Å². The van der Waals surface area contributed by atoms with E-state index in [9.17, 15) is 67.4 Å². The molecule has 2 aromatic carbocycles. The molecule has 0 saturated carbocycles. The Morgan fingerprint density at radius 3 is 1.53 bits per heavy atom. The van der Waals surface area contributed by atoms with Crippen molar-refractivity contribution in [3.05, 3.63) is 59.7 Å². The lowest BCUT2D eigenvalue weighted by Gasteiger charge is -2.33. The van der Waals surface area contributed by atoms with E-state index in [1.54, 1.807) is 71.0 Å². The van der Waals surface area contributed by atoms with Crippen molar-refractivity contribution in [1.29, 1.82) is 0 Å². The van der Waals surface area contributed by atoms with Gasteiger partial charge in [-0.2, -0.15) is 0 Å². The second-order valence-electron chi connectivity index (χ2n) is 28.9. The Balaban J connectivity index is 1.40. The zero-order valence-corrected chi connectivity index (χ0v) is 64.0. The smallest absolute Gasteiger partial charge is 0.246 e. The molecular formula is C72H110N16O16S2. The van der Waals surface area contributed by atoms with E-state index >= 15 is 4.79 Å². The van der Waals surface area contributed by atoms with E-state index in [2.05, 4.69) is 53.2 Å². The van der Waals surface area contributed by atoms with Crippen molar-refractivity contribution in [2.75, 3.05) is 51.3 Å². The van der Waals surface area contributed by atoms with Gasteiger partial charge in [0.2, 0.25) is 82.7 Å². The number of carbonyl (C=O) groups is 14. The van der Waals surface area contributed by atoms with Gasteiger partial charge in [0.05, 0.1) is 7.11 Å². The molecule has 6 rings (SSSR count). The summed E-state index contributed by atoms with van der Waals surface area (Å²) in [4.78, 5) is 206. The number of amides is 14. The van der Waals surface area contributed by atoms with Crippen molar-refractivity contribution in [1.82, 2.24) is 67.9 Å². The van der Waals surface area contributed by atoms with Crippen molar-refractivity contribution < 1.29 is 77.0 Å². The molecule has 0 aromatic heterocycles. The van der Waals surface area contributed by atoms with Gasteiger partial charge in [-0.1, -0.05) is 108 Å². The number of phenols is 1. The number of nitrogens with one attached hydrogen (secondary N) is 10. The number of rotatable bonds is 23. The third-order valence-corrected chi connectivity index (χ3v) is 21.6. The lowest BCUT2D eigenvalue weighted by Crippen LogP contribution is -2.62. The summed E-state index contributed by atoms with van der Waals surface area (Å²) in [5.74, 6) is -11.9. The predicted octanol–water partition coefficient (Wildman–Crippen LogP) is -0.991. The Morgan fingerprint density at radius 2 is 1.02 bits per heavy atom. The van der Waals surface area contributed by atoms with Gasteiger partial charge in [0, 0.05) is 64.0 Å². The minimum atomic E-state index is -1.58. The average Bonchev–Trinajstić information content (AvgIpc) is 1.63. The molecule has 2 aromatic rings. The van der Waals surface area contributed by atoms with Crippen molar-refractivity contribution in [3.63, 3.8) is 0 Å². The fraction of sp³-hybridized carbons (Fsp3) is 0.639. The average molecular weight is 1520 g/mol. The molecule has 0 radical (unpaired) electrons. The van der Waals surface area contributed by atoms with Crippen LogP contribution in [0.3, 0.4) is 0 Å². The van der Waals surface area contributed by atoms with Gasteiger partial charge in [0.15, 0.2) is 0 Å². The van der Waals surface area contributed by atoms with E-state index in [-0.39, 0.29) is 112 Å². The van der Waals surface area contributed by atoms with Gasteiger partial charge in [-0.15, -0.1) is 0 Å². The van der Waals surface area contributed by atoms with Gasteiger partial charge in [0.1, 0.15) is 90.0 Å². The zero-order chi connectivity index (χ0) is 78.2. The number of nitrogens with zero attached hydrogens (tertiary/aromatic N) is 3. The first kappa shape index (κ1) is 86.2. The van der Waals surface area contributed by atoms with E-state index in [0.717, 1.165) is 21.6 Å². The summed E-state index contributed by atoms with van der Waals surface area (Å²) in [5.41, 5.74) is 19.1. The molecule has 0 unspecified atom stereocenters. The molecule has 586 valence electrons. The van der Waals surface area contributed by atoms with Crippen LogP contribution in [0.2, 0.25) is 0 Å². The highest BCUT2D eigenvalue weighted by atomic mass is 33.1. The highest BCUT2D eigenvalue weighted by molar-refractivity contribution is 8.76. The first-order valence-corrected chi connectivity index (χ1v) is 39.0. The molecule has 4 aliphatic rings. The number of phenolic OH excluding ortho intramolecular Hbond substituents is 1. The summed E-state index contributed by atoms with van der Waals surface area (Å²) in [7, 11) is 3.45. The molecule has 14 atom stereocenters. The Hall–Kier alpha value is -8.76. The van der Waals surface area contributed by atoms with Gasteiger partial charge in [-0.3, -0.25) is 67.1 Å². The first-order valence-electron chi connectivity index (χ1n) is 36.5. The monoisotopic (exact) mass is 1520 g/mol. The van der Waals surface area contributed by atoms with E-state index in [0.29, 0.717) is 42.6 Å². The molecule has 34 heteroatoms. The largest absolute Gasteiger partial charge is 0.508 e. The van der Waals surface area contributed by atoms with E-state index < -0.39 is 174 Å². The third kappa shape index (κ3) is 24.9. The van der Waals surface area contributed by atoms with Gasteiger partial charge >= 0.3 is 0 Å². The fourth-order valence-electron chi connectivity index (χ4n) is 13.3. The molecule has 4 saturated heterocycles. The van der Waals surface area contributed by atoms with Crippen LogP contribution in [-0.2, 0) is 80.0 Å².